The normalized spacial score (nSPS) is 11.8. The van der Waals surface area contributed by atoms with Gasteiger partial charge >= 0.3 is 6.18 Å². The van der Waals surface area contributed by atoms with Crippen LogP contribution in [-0.2, 0) is 13.0 Å². The van der Waals surface area contributed by atoms with Gasteiger partial charge in [0.2, 0.25) is 5.89 Å². The Kier molecular flexibility index (Phi) is 5.32. The SMILES string of the molecule is FC(F)(F)CCCNCc1nc(Cc2ccccc2)no1. The van der Waals surface area contributed by atoms with Crippen molar-refractivity contribution >= 4 is 0 Å². The van der Waals surface area contributed by atoms with Crippen molar-refractivity contribution in [2.45, 2.75) is 32.0 Å². The second-order valence-corrected chi connectivity index (χ2v) is 4.66. The van der Waals surface area contributed by atoms with Gasteiger partial charge in [-0.3, -0.25) is 0 Å². The van der Waals surface area contributed by atoms with Gasteiger partial charge in [0, 0.05) is 12.8 Å². The molecule has 2 aromatic rings. The van der Waals surface area contributed by atoms with E-state index in [0.29, 0.717) is 18.1 Å². The van der Waals surface area contributed by atoms with Gasteiger partial charge in [0.05, 0.1) is 6.54 Å². The number of halogens is 3. The third-order valence-corrected chi connectivity index (χ3v) is 2.81. The number of nitrogens with zero attached hydrogens (tertiary/aromatic N) is 2. The van der Waals surface area contributed by atoms with Crippen LogP contribution in [0.4, 0.5) is 13.2 Å². The molecule has 0 spiro atoms. The first kappa shape index (κ1) is 15.5. The number of rotatable bonds is 7. The van der Waals surface area contributed by atoms with Gasteiger partial charge in [-0.15, -0.1) is 0 Å². The van der Waals surface area contributed by atoms with E-state index in [1.54, 1.807) is 0 Å². The highest BCUT2D eigenvalue weighted by atomic mass is 19.4. The molecule has 114 valence electrons. The van der Waals surface area contributed by atoms with E-state index in [1.807, 2.05) is 30.3 Å². The zero-order valence-electron chi connectivity index (χ0n) is 11.4. The summed E-state index contributed by atoms with van der Waals surface area (Å²) in [5.41, 5.74) is 1.07. The molecule has 4 nitrogen and oxygen atoms in total. The smallest absolute Gasteiger partial charge is 0.338 e. The Hall–Kier alpha value is -1.89. The van der Waals surface area contributed by atoms with Gasteiger partial charge in [0.1, 0.15) is 0 Å². The summed E-state index contributed by atoms with van der Waals surface area (Å²) in [4.78, 5) is 4.19. The van der Waals surface area contributed by atoms with Crippen molar-refractivity contribution < 1.29 is 17.7 Å². The maximum Gasteiger partial charge on any atom is 0.389 e. The van der Waals surface area contributed by atoms with E-state index in [2.05, 4.69) is 15.5 Å². The van der Waals surface area contributed by atoms with E-state index >= 15 is 0 Å². The fourth-order valence-electron chi connectivity index (χ4n) is 1.82. The highest BCUT2D eigenvalue weighted by Gasteiger charge is 2.25. The van der Waals surface area contributed by atoms with Crippen LogP contribution in [0.1, 0.15) is 30.1 Å². The van der Waals surface area contributed by atoms with E-state index in [9.17, 15) is 13.2 Å². The lowest BCUT2D eigenvalue weighted by atomic mass is 10.1. The molecule has 1 aromatic heterocycles. The number of hydrogen-bond acceptors (Lipinski definition) is 4. The average molecular weight is 299 g/mol. The van der Waals surface area contributed by atoms with Gasteiger partial charge < -0.3 is 9.84 Å². The lowest BCUT2D eigenvalue weighted by Gasteiger charge is -2.05. The maximum atomic E-state index is 11.9. The van der Waals surface area contributed by atoms with Crippen LogP contribution in [0.25, 0.3) is 0 Å². The number of hydrogen-bond donors (Lipinski definition) is 1. The van der Waals surface area contributed by atoms with Gasteiger partial charge in [0.15, 0.2) is 5.82 Å². The van der Waals surface area contributed by atoms with Crippen LogP contribution >= 0.6 is 0 Å². The molecule has 1 N–H and O–H groups in total. The van der Waals surface area contributed by atoms with Crippen molar-refractivity contribution in [2.24, 2.45) is 0 Å². The summed E-state index contributed by atoms with van der Waals surface area (Å²) in [6, 6.07) is 9.71. The zero-order valence-corrected chi connectivity index (χ0v) is 11.4. The monoisotopic (exact) mass is 299 g/mol. The van der Waals surface area contributed by atoms with Crippen LogP contribution < -0.4 is 5.32 Å². The van der Waals surface area contributed by atoms with Gasteiger partial charge in [-0.05, 0) is 18.5 Å². The molecule has 0 unspecified atom stereocenters. The van der Waals surface area contributed by atoms with Crippen molar-refractivity contribution in [3.63, 3.8) is 0 Å². The van der Waals surface area contributed by atoms with Crippen molar-refractivity contribution in [3.05, 3.63) is 47.6 Å². The summed E-state index contributed by atoms with van der Waals surface area (Å²) < 4.78 is 40.9. The molecule has 7 heteroatoms. The van der Waals surface area contributed by atoms with E-state index in [0.717, 1.165) is 5.56 Å². The van der Waals surface area contributed by atoms with Crippen LogP contribution in [0.15, 0.2) is 34.9 Å². The molecule has 21 heavy (non-hydrogen) atoms. The third kappa shape index (κ3) is 5.95. The fourth-order valence-corrected chi connectivity index (χ4v) is 1.82. The first-order valence-electron chi connectivity index (χ1n) is 6.66. The zero-order chi connectivity index (χ0) is 15.1. The molecule has 0 aliphatic heterocycles. The minimum atomic E-state index is -4.10. The Bertz CT molecular complexity index is 540. The number of alkyl halides is 3. The number of nitrogens with one attached hydrogen (secondary N) is 1. The first-order chi connectivity index (χ1) is 10.0. The molecule has 0 saturated carbocycles. The van der Waals surface area contributed by atoms with Crippen LogP contribution in [0, 0.1) is 0 Å². The molecule has 2 rings (SSSR count). The second-order valence-electron chi connectivity index (χ2n) is 4.66. The van der Waals surface area contributed by atoms with E-state index in [-0.39, 0.29) is 19.5 Å². The molecule has 0 fully saturated rings. The Morgan fingerprint density at radius 1 is 1.14 bits per heavy atom. The molecule has 0 atom stereocenters. The Morgan fingerprint density at radius 3 is 2.62 bits per heavy atom. The number of benzene rings is 1. The van der Waals surface area contributed by atoms with Crippen molar-refractivity contribution in [3.8, 4) is 0 Å². The van der Waals surface area contributed by atoms with Gasteiger partial charge in [-0.2, -0.15) is 18.2 Å². The van der Waals surface area contributed by atoms with E-state index in [1.165, 1.54) is 0 Å². The highest BCUT2D eigenvalue weighted by Crippen LogP contribution is 2.20. The molecular weight excluding hydrogens is 283 g/mol. The van der Waals surface area contributed by atoms with Crippen LogP contribution in [0.3, 0.4) is 0 Å². The van der Waals surface area contributed by atoms with Crippen molar-refractivity contribution in [1.82, 2.24) is 15.5 Å². The van der Waals surface area contributed by atoms with Crippen LogP contribution in [0.5, 0.6) is 0 Å². The van der Waals surface area contributed by atoms with Crippen molar-refractivity contribution in [2.75, 3.05) is 6.54 Å². The van der Waals surface area contributed by atoms with Crippen LogP contribution in [-0.4, -0.2) is 22.9 Å². The Morgan fingerprint density at radius 2 is 1.90 bits per heavy atom. The number of aromatic nitrogens is 2. The summed E-state index contributed by atoms with van der Waals surface area (Å²) in [5, 5.41) is 6.70. The summed E-state index contributed by atoms with van der Waals surface area (Å²) in [6.45, 7) is 0.537. The lowest BCUT2D eigenvalue weighted by molar-refractivity contribution is -0.135. The minimum Gasteiger partial charge on any atom is -0.338 e. The Balaban J connectivity index is 1.71. The molecule has 0 saturated heterocycles. The minimum absolute atomic E-state index is 0.0362. The molecule has 0 amide bonds. The predicted molar refractivity (Wildman–Crippen MR) is 70.5 cm³/mol. The average Bonchev–Trinajstić information content (AvgIpc) is 2.86. The lowest BCUT2D eigenvalue weighted by Crippen LogP contribution is -2.18. The summed E-state index contributed by atoms with van der Waals surface area (Å²) >= 11 is 0. The summed E-state index contributed by atoms with van der Waals surface area (Å²) in [7, 11) is 0. The van der Waals surface area contributed by atoms with E-state index in [4.69, 9.17) is 4.52 Å². The van der Waals surface area contributed by atoms with Gasteiger partial charge in [0.25, 0.3) is 0 Å². The molecule has 0 bridgehead atoms. The molecule has 0 radical (unpaired) electrons. The Labute approximate surface area is 120 Å². The first-order valence-corrected chi connectivity index (χ1v) is 6.66. The molecule has 0 aliphatic carbocycles. The summed E-state index contributed by atoms with van der Waals surface area (Å²) in [6.07, 6.45) is -4.29. The van der Waals surface area contributed by atoms with Crippen LogP contribution in [0.2, 0.25) is 0 Å². The molecular formula is C14H16F3N3O. The van der Waals surface area contributed by atoms with Gasteiger partial charge in [-0.25, -0.2) is 0 Å². The van der Waals surface area contributed by atoms with Gasteiger partial charge in [-0.1, -0.05) is 35.5 Å². The fraction of sp³-hybridized carbons (Fsp3) is 0.429. The largest absolute Gasteiger partial charge is 0.389 e. The predicted octanol–water partition coefficient (Wildman–Crippen LogP) is 3.09. The van der Waals surface area contributed by atoms with Crippen molar-refractivity contribution in [1.29, 1.82) is 0 Å². The molecule has 1 aromatic carbocycles. The maximum absolute atomic E-state index is 11.9. The third-order valence-electron chi connectivity index (χ3n) is 2.81. The standard InChI is InChI=1S/C14H16F3N3O/c15-14(16,17)7-4-8-18-10-13-19-12(20-21-13)9-11-5-2-1-3-6-11/h1-3,5-6,18H,4,7-10H2. The summed E-state index contributed by atoms with van der Waals surface area (Å²) in [5.74, 6) is 0.946. The molecule has 1 heterocycles. The highest BCUT2D eigenvalue weighted by molar-refractivity contribution is 5.18. The molecule has 0 aliphatic rings. The van der Waals surface area contributed by atoms with E-state index < -0.39 is 12.6 Å². The topological polar surface area (TPSA) is 51.0 Å². The second kappa shape index (κ2) is 7.21. The quantitative estimate of drug-likeness (QED) is 0.798.